The van der Waals surface area contributed by atoms with Crippen LogP contribution in [0.1, 0.15) is 40.0 Å². The van der Waals surface area contributed by atoms with Crippen LogP contribution >= 0.6 is 0 Å². The van der Waals surface area contributed by atoms with Gasteiger partial charge in [-0.25, -0.2) is 0 Å². The molecule has 0 atom stereocenters. The van der Waals surface area contributed by atoms with Crippen LogP contribution in [0.5, 0.6) is 11.5 Å². The third kappa shape index (κ3) is 8.72. The lowest BCUT2D eigenvalue weighted by Gasteiger charge is -2.12. The maximum atomic E-state index is 5.75. The zero-order valence-electron chi connectivity index (χ0n) is 17.0. The Bertz CT molecular complexity index is 641. The second kappa shape index (κ2) is 12.1. The molecular formula is C23H34N2O2. The van der Waals surface area contributed by atoms with Crippen LogP contribution in [0.3, 0.4) is 0 Å². The highest BCUT2D eigenvalue weighted by molar-refractivity contribution is 5.49. The summed E-state index contributed by atoms with van der Waals surface area (Å²) in [5, 5.41) is 6.85. The highest BCUT2D eigenvalue weighted by atomic mass is 16.5. The van der Waals surface area contributed by atoms with Crippen molar-refractivity contribution in [3.63, 3.8) is 0 Å². The molecule has 0 heterocycles. The van der Waals surface area contributed by atoms with Crippen molar-refractivity contribution in [1.82, 2.24) is 0 Å². The van der Waals surface area contributed by atoms with Crippen LogP contribution in [0.2, 0.25) is 0 Å². The molecule has 0 saturated carbocycles. The summed E-state index contributed by atoms with van der Waals surface area (Å²) in [5.41, 5.74) is 2.18. The summed E-state index contributed by atoms with van der Waals surface area (Å²) < 4.78 is 11.5. The van der Waals surface area contributed by atoms with E-state index in [0.29, 0.717) is 5.92 Å². The van der Waals surface area contributed by atoms with Crippen molar-refractivity contribution in [2.75, 3.05) is 36.9 Å². The van der Waals surface area contributed by atoms with Gasteiger partial charge < -0.3 is 20.1 Å². The van der Waals surface area contributed by atoms with Crippen molar-refractivity contribution in [1.29, 1.82) is 0 Å². The number of hydrogen-bond acceptors (Lipinski definition) is 4. The van der Waals surface area contributed by atoms with Gasteiger partial charge in [0, 0.05) is 30.5 Å². The van der Waals surface area contributed by atoms with Gasteiger partial charge in [0.2, 0.25) is 0 Å². The number of anilines is 2. The third-order valence-corrected chi connectivity index (χ3v) is 4.20. The largest absolute Gasteiger partial charge is 0.494 e. The van der Waals surface area contributed by atoms with E-state index in [1.165, 1.54) is 0 Å². The van der Waals surface area contributed by atoms with Crippen LogP contribution in [0, 0.1) is 5.92 Å². The predicted molar refractivity (Wildman–Crippen MR) is 115 cm³/mol. The minimum atomic E-state index is 0.669. The molecule has 2 N–H and O–H groups in total. The molecule has 4 heteroatoms. The van der Waals surface area contributed by atoms with E-state index in [1.807, 2.05) is 24.3 Å². The monoisotopic (exact) mass is 370 g/mol. The van der Waals surface area contributed by atoms with E-state index in [4.69, 9.17) is 9.47 Å². The number of unbranched alkanes of at least 4 members (excludes halogenated alkanes) is 1. The summed E-state index contributed by atoms with van der Waals surface area (Å²) in [5.74, 6) is 2.52. The van der Waals surface area contributed by atoms with Crippen molar-refractivity contribution >= 4 is 11.4 Å². The van der Waals surface area contributed by atoms with Crippen LogP contribution in [0.15, 0.2) is 48.5 Å². The summed E-state index contributed by atoms with van der Waals surface area (Å²) in [6.45, 7) is 9.82. The molecule has 2 aromatic carbocycles. The first-order chi connectivity index (χ1) is 13.2. The third-order valence-electron chi connectivity index (χ3n) is 4.20. The van der Waals surface area contributed by atoms with Crippen LogP contribution in [0.4, 0.5) is 11.4 Å². The zero-order valence-corrected chi connectivity index (χ0v) is 17.0. The fourth-order valence-corrected chi connectivity index (χ4v) is 2.53. The number of ether oxygens (including phenoxy) is 2. The van der Waals surface area contributed by atoms with Crippen LogP contribution in [-0.4, -0.2) is 26.3 Å². The van der Waals surface area contributed by atoms with Gasteiger partial charge in [0.1, 0.15) is 11.5 Å². The molecule has 0 aromatic heterocycles. The van der Waals surface area contributed by atoms with E-state index in [1.54, 1.807) is 0 Å². The Morgan fingerprint density at radius 2 is 1.52 bits per heavy atom. The van der Waals surface area contributed by atoms with E-state index in [0.717, 1.165) is 68.4 Å². The molecular weight excluding hydrogens is 336 g/mol. The van der Waals surface area contributed by atoms with Crippen molar-refractivity contribution in [2.24, 2.45) is 5.92 Å². The van der Waals surface area contributed by atoms with E-state index < -0.39 is 0 Å². The van der Waals surface area contributed by atoms with Crippen LogP contribution in [-0.2, 0) is 0 Å². The Morgan fingerprint density at radius 1 is 0.815 bits per heavy atom. The fourth-order valence-electron chi connectivity index (χ4n) is 2.53. The van der Waals surface area contributed by atoms with E-state index in [9.17, 15) is 0 Å². The molecule has 2 rings (SSSR count). The van der Waals surface area contributed by atoms with Crippen molar-refractivity contribution in [3.8, 4) is 11.5 Å². The van der Waals surface area contributed by atoms with Gasteiger partial charge in [0.05, 0.1) is 13.2 Å². The summed E-state index contributed by atoms with van der Waals surface area (Å²) in [4.78, 5) is 0. The Balaban J connectivity index is 1.67. The molecule has 0 aliphatic carbocycles. The Morgan fingerprint density at radius 3 is 2.22 bits per heavy atom. The topological polar surface area (TPSA) is 42.5 Å². The van der Waals surface area contributed by atoms with Gasteiger partial charge in [0.25, 0.3) is 0 Å². The van der Waals surface area contributed by atoms with E-state index >= 15 is 0 Å². The highest BCUT2D eigenvalue weighted by Gasteiger charge is 1.99. The average Bonchev–Trinajstić information content (AvgIpc) is 2.67. The first kappa shape index (κ1) is 20.9. The van der Waals surface area contributed by atoms with Gasteiger partial charge >= 0.3 is 0 Å². The molecule has 0 spiro atoms. The van der Waals surface area contributed by atoms with Gasteiger partial charge in [0.15, 0.2) is 0 Å². The molecule has 4 nitrogen and oxygen atoms in total. The molecule has 0 aliphatic heterocycles. The summed E-state index contributed by atoms with van der Waals surface area (Å²) in [7, 11) is 0. The maximum Gasteiger partial charge on any atom is 0.121 e. The Labute approximate surface area is 164 Å². The van der Waals surface area contributed by atoms with Gasteiger partial charge in [-0.1, -0.05) is 33.3 Å². The molecule has 2 aromatic rings. The van der Waals surface area contributed by atoms with Gasteiger partial charge in [-0.2, -0.15) is 0 Å². The fraction of sp³-hybridized carbons (Fsp3) is 0.478. The minimum Gasteiger partial charge on any atom is -0.494 e. The molecule has 0 amide bonds. The number of hydrogen-bond donors (Lipinski definition) is 2. The summed E-state index contributed by atoms with van der Waals surface area (Å²) in [6.07, 6.45) is 3.31. The summed E-state index contributed by atoms with van der Waals surface area (Å²) >= 11 is 0. The average molecular weight is 371 g/mol. The lowest BCUT2D eigenvalue weighted by molar-refractivity contribution is 0.289. The molecule has 148 valence electrons. The van der Waals surface area contributed by atoms with Gasteiger partial charge in [-0.3, -0.25) is 0 Å². The second-order valence-electron chi connectivity index (χ2n) is 7.14. The van der Waals surface area contributed by atoms with E-state index in [2.05, 4.69) is 55.7 Å². The molecule has 0 saturated heterocycles. The SMILES string of the molecule is CCCCOc1cccc(NCCNc2ccc(OCCC(C)C)cc2)c1. The van der Waals surface area contributed by atoms with Crippen LogP contribution < -0.4 is 20.1 Å². The normalized spacial score (nSPS) is 10.7. The Hall–Kier alpha value is -2.36. The second-order valence-corrected chi connectivity index (χ2v) is 7.14. The smallest absolute Gasteiger partial charge is 0.121 e. The van der Waals surface area contributed by atoms with Crippen molar-refractivity contribution in [2.45, 2.75) is 40.0 Å². The molecule has 0 bridgehead atoms. The molecule has 27 heavy (non-hydrogen) atoms. The predicted octanol–water partition coefficient (Wildman–Crippen LogP) is 5.81. The number of benzene rings is 2. The number of nitrogens with one attached hydrogen (secondary N) is 2. The first-order valence-electron chi connectivity index (χ1n) is 10.1. The lowest BCUT2D eigenvalue weighted by atomic mass is 10.1. The minimum absolute atomic E-state index is 0.669. The van der Waals surface area contributed by atoms with E-state index in [-0.39, 0.29) is 0 Å². The van der Waals surface area contributed by atoms with Crippen molar-refractivity contribution in [3.05, 3.63) is 48.5 Å². The van der Waals surface area contributed by atoms with Gasteiger partial charge in [-0.05, 0) is 55.2 Å². The zero-order chi connectivity index (χ0) is 19.3. The number of rotatable bonds is 13. The maximum absolute atomic E-state index is 5.75. The lowest BCUT2D eigenvalue weighted by Crippen LogP contribution is -2.13. The molecule has 0 aliphatic rings. The van der Waals surface area contributed by atoms with Crippen LogP contribution in [0.25, 0.3) is 0 Å². The Kier molecular flexibility index (Phi) is 9.39. The van der Waals surface area contributed by atoms with Crippen molar-refractivity contribution < 1.29 is 9.47 Å². The molecule has 0 radical (unpaired) electrons. The molecule has 0 unspecified atom stereocenters. The molecule has 0 fully saturated rings. The summed E-state index contributed by atoms with van der Waals surface area (Å²) in [6, 6.07) is 16.3. The highest BCUT2D eigenvalue weighted by Crippen LogP contribution is 2.18. The quantitative estimate of drug-likeness (QED) is 0.436. The van der Waals surface area contributed by atoms with Gasteiger partial charge in [-0.15, -0.1) is 0 Å². The standard InChI is InChI=1S/C23H34N2O2/c1-4-5-16-26-23-8-6-7-21(18-23)25-15-14-24-20-9-11-22(12-10-20)27-17-13-19(2)3/h6-12,18-19,24-25H,4-5,13-17H2,1-3H3. The first-order valence-corrected chi connectivity index (χ1v) is 10.1.